The zero-order valence-corrected chi connectivity index (χ0v) is 7.25. The number of rotatable bonds is 0. The molecule has 0 N–H and O–H groups in total. The maximum atomic E-state index is 4.22. The Hall–Kier alpha value is -1.97. The minimum Gasteiger partial charge on any atom is -0.161 e. The van der Waals surface area contributed by atoms with E-state index in [1.54, 1.807) is 4.79 Å². The average molecular weight is 182 g/mol. The zero-order chi connectivity index (χ0) is 9.12. The largest absolute Gasteiger partial charge is 0.161 e. The molecule has 0 fully saturated rings. The molecular formula is C10H6N4. The van der Waals surface area contributed by atoms with Crippen molar-refractivity contribution in [2.24, 2.45) is 5.10 Å². The minimum absolute atomic E-state index is 0.319. The van der Waals surface area contributed by atoms with Crippen LogP contribution in [0.1, 0.15) is 17.0 Å². The van der Waals surface area contributed by atoms with Gasteiger partial charge >= 0.3 is 0 Å². The van der Waals surface area contributed by atoms with Crippen LogP contribution >= 0.6 is 0 Å². The lowest BCUT2D eigenvalue weighted by atomic mass is 9.99. The lowest BCUT2D eigenvalue weighted by Gasteiger charge is -2.11. The number of hydrogen-bond donors (Lipinski definition) is 0. The van der Waals surface area contributed by atoms with Gasteiger partial charge in [0.25, 0.3) is 0 Å². The van der Waals surface area contributed by atoms with Gasteiger partial charge in [0.05, 0.1) is 0 Å². The molecule has 4 heteroatoms. The number of benzene rings is 1. The Morgan fingerprint density at radius 1 is 1.29 bits per heavy atom. The van der Waals surface area contributed by atoms with E-state index in [0.29, 0.717) is 5.92 Å². The minimum atomic E-state index is 0.319. The molecule has 0 bridgehead atoms. The van der Waals surface area contributed by atoms with Gasteiger partial charge in [-0.05, 0) is 16.8 Å². The summed E-state index contributed by atoms with van der Waals surface area (Å²) < 4.78 is 0. The first kappa shape index (κ1) is 6.48. The molecule has 1 unspecified atom stereocenters. The van der Waals surface area contributed by atoms with Gasteiger partial charge in [-0.3, -0.25) is 0 Å². The maximum Gasteiger partial charge on any atom is 0.120 e. The molecular weight excluding hydrogens is 176 g/mol. The van der Waals surface area contributed by atoms with Crippen molar-refractivity contribution in [1.29, 1.82) is 0 Å². The Morgan fingerprint density at radius 2 is 2.29 bits per heavy atom. The summed E-state index contributed by atoms with van der Waals surface area (Å²) in [6.07, 6.45) is 6.20. The van der Waals surface area contributed by atoms with Crippen LogP contribution in [-0.2, 0) is 0 Å². The second kappa shape index (κ2) is 1.92. The van der Waals surface area contributed by atoms with Crippen molar-refractivity contribution >= 4 is 23.3 Å². The molecule has 4 rings (SSSR count). The second-order valence-corrected chi connectivity index (χ2v) is 3.56. The van der Waals surface area contributed by atoms with E-state index < -0.39 is 0 Å². The normalized spacial score (nSPS) is 21.0. The predicted molar refractivity (Wildman–Crippen MR) is 53.2 cm³/mol. The Labute approximate surface area is 79.5 Å². The van der Waals surface area contributed by atoms with Crippen molar-refractivity contribution in [3.63, 3.8) is 0 Å². The van der Waals surface area contributed by atoms with E-state index in [1.807, 2.05) is 12.3 Å². The molecule has 1 aliphatic carbocycles. The average Bonchev–Trinajstić information content (AvgIpc) is 2.77. The van der Waals surface area contributed by atoms with Crippen LogP contribution in [0.3, 0.4) is 0 Å². The zero-order valence-electron chi connectivity index (χ0n) is 7.25. The topological polar surface area (TPSA) is 43.1 Å². The summed E-state index contributed by atoms with van der Waals surface area (Å²) in [5, 5.41) is 12.3. The van der Waals surface area contributed by atoms with E-state index in [-0.39, 0.29) is 0 Å². The van der Waals surface area contributed by atoms with E-state index in [4.69, 9.17) is 0 Å². The molecule has 2 aliphatic rings. The van der Waals surface area contributed by atoms with Gasteiger partial charge < -0.3 is 0 Å². The summed E-state index contributed by atoms with van der Waals surface area (Å²) in [6.45, 7) is 0. The number of hydrogen-bond acceptors (Lipinski definition) is 3. The lowest BCUT2D eigenvalue weighted by molar-refractivity contribution is 0.705. The Morgan fingerprint density at radius 3 is 3.29 bits per heavy atom. The SMILES string of the molecule is C1=CC2C=Nn3nnc4ccc1c2c43. The monoisotopic (exact) mass is 182 g/mol. The van der Waals surface area contributed by atoms with Crippen molar-refractivity contribution in [2.75, 3.05) is 0 Å². The molecule has 1 aromatic carbocycles. The molecule has 0 amide bonds. The van der Waals surface area contributed by atoms with Crippen LogP contribution in [0.25, 0.3) is 17.1 Å². The summed E-state index contributed by atoms with van der Waals surface area (Å²) >= 11 is 0. The molecule has 0 radical (unpaired) electrons. The van der Waals surface area contributed by atoms with Crippen molar-refractivity contribution in [2.45, 2.75) is 5.92 Å². The molecule has 14 heavy (non-hydrogen) atoms. The summed E-state index contributed by atoms with van der Waals surface area (Å²) in [5.41, 5.74) is 4.54. The van der Waals surface area contributed by atoms with Crippen molar-refractivity contribution < 1.29 is 0 Å². The highest BCUT2D eigenvalue weighted by Gasteiger charge is 2.24. The van der Waals surface area contributed by atoms with Gasteiger partial charge in [0.2, 0.25) is 0 Å². The molecule has 2 heterocycles. The van der Waals surface area contributed by atoms with Gasteiger partial charge in [0, 0.05) is 17.7 Å². The van der Waals surface area contributed by atoms with Gasteiger partial charge in [-0.1, -0.05) is 18.2 Å². The molecule has 1 aliphatic heterocycles. The first-order valence-corrected chi connectivity index (χ1v) is 4.54. The summed E-state index contributed by atoms with van der Waals surface area (Å²) in [5.74, 6) is 0.319. The van der Waals surface area contributed by atoms with E-state index in [1.165, 1.54) is 11.1 Å². The van der Waals surface area contributed by atoms with Gasteiger partial charge in [0.15, 0.2) is 0 Å². The molecule has 0 saturated carbocycles. The highest BCUT2D eigenvalue weighted by Crippen LogP contribution is 2.36. The van der Waals surface area contributed by atoms with E-state index >= 15 is 0 Å². The first-order chi connectivity index (χ1) is 6.93. The lowest BCUT2D eigenvalue weighted by Crippen LogP contribution is -2.06. The Bertz CT molecular complexity index is 606. The van der Waals surface area contributed by atoms with Crippen molar-refractivity contribution in [1.82, 2.24) is 15.1 Å². The fourth-order valence-corrected chi connectivity index (χ4v) is 2.18. The number of nitrogens with zero attached hydrogens (tertiary/aromatic N) is 4. The van der Waals surface area contributed by atoms with Crippen LogP contribution in [0.4, 0.5) is 0 Å². The molecule has 4 nitrogen and oxygen atoms in total. The third kappa shape index (κ3) is 0.565. The smallest absolute Gasteiger partial charge is 0.120 e. The summed E-state index contributed by atoms with van der Waals surface area (Å²) in [6, 6.07) is 4.08. The second-order valence-electron chi connectivity index (χ2n) is 3.56. The van der Waals surface area contributed by atoms with Gasteiger partial charge in [-0.15, -0.1) is 9.89 Å². The quantitative estimate of drug-likeness (QED) is 0.617. The van der Waals surface area contributed by atoms with Crippen LogP contribution in [0, 0.1) is 0 Å². The number of aromatic nitrogens is 3. The van der Waals surface area contributed by atoms with Gasteiger partial charge in [-0.25, -0.2) is 0 Å². The van der Waals surface area contributed by atoms with Crippen LogP contribution in [-0.4, -0.2) is 21.3 Å². The molecule has 1 atom stereocenters. The van der Waals surface area contributed by atoms with Crippen LogP contribution < -0.4 is 0 Å². The summed E-state index contributed by atoms with van der Waals surface area (Å²) in [7, 11) is 0. The fourth-order valence-electron chi connectivity index (χ4n) is 2.18. The summed E-state index contributed by atoms with van der Waals surface area (Å²) in [4.78, 5) is 1.61. The number of allylic oxidation sites excluding steroid dienone is 1. The standard InChI is InChI=1S/C10H6N4/c1-2-7-5-11-14-10-8(12-13-14)4-3-6(1)9(7)10/h1-5,7H. The van der Waals surface area contributed by atoms with Crippen molar-refractivity contribution in [3.05, 3.63) is 29.3 Å². The van der Waals surface area contributed by atoms with E-state index in [9.17, 15) is 0 Å². The first-order valence-electron chi connectivity index (χ1n) is 4.54. The van der Waals surface area contributed by atoms with Gasteiger partial charge in [-0.2, -0.15) is 5.10 Å². The molecule has 0 saturated heterocycles. The van der Waals surface area contributed by atoms with Crippen LogP contribution in [0.5, 0.6) is 0 Å². The Balaban J connectivity index is 2.32. The molecule has 0 spiro atoms. The van der Waals surface area contributed by atoms with Crippen molar-refractivity contribution in [3.8, 4) is 0 Å². The molecule has 2 aromatic rings. The van der Waals surface area contributed by atoms with Gasteiger partial charge in [0.1, 0.15) is 11.0 Å². The highest BCUT2D eigenvalue weighted by atomic mass is 15.6. The fraction of sp³-hybridized carbons (Fsp3) is 0.100. The van der Waals surface area contributed by atoms with Crippen LogP contribution in [0.2, 0.25) is 0 Å². The maximum absolute atomic E-state index is 4.22. The molecule has 66 valence electrons. The Kier molecular flexibility index (Phi) is 0.889. The molecule has 1 aromatic heterocycles. The third-order valence-corrected chi connectivity index (χ3v) is 2.82. The predicted octanol–water partition coefficient (Wildman–Crippen LogP) is 1.39. The van der Waals surface area contributed by atoms with E-state index in [0.717, 1.165) is 11.0 Å². The third-order valence-electron chi connectivity index (χ3n) is 2.82. The van der Waals surface area contributed by atoms with E-state index in [2.05, 4.69) is 33.6 Å². The van der Waals surface area contributed by atoms with Crippen LogP contribution in [0.15, 0.2) is 23.3 Å². The highest BCUT2D eigenvalue weighted by molar-refractivity contribution is 5.93.